The van der Waals surface area contributed by atoms with Gasteiger partial charge in [0.05, 0.1) is 17.4 Å². The van der Waals surface area contributed by atoms with Crippen LogP contribution in [0.1, 0.15) is 37.7 Å². The second-order valence-electron chi connectivity index (χ2n) is 6.76. The van der Waals surface area contributed by atoms with Crippen molar-refractivity contribution < 1.29 is 23.6 Å². The molecule has 4 amide bonds. The molecule has 3 aromatic rings. The molecule has 0 atom stereocenters. The molecule has 2 heterocycles. The molecule has 156 valence electrons. The van der Waals surface area contributed by atoms with Gasteiger partial charge in [-0.3, -0.25) is 24.1 Å². The van der Waals surface area contributed by atoms with E-state index in [1.165, 1.54) is 6.26 Å². The van der Waals surface area contributed by atoms with Crippen LogP contribution in [0.5, 0.6) is 0 Å². The van der Waals surface area contributed by atoms with Crippen LogP contribution >= 0.6 is 15.9 Å². The van der Waals surface area contributed by atoms with E-state index in [-0.39, 0.29) is 30.5 Å². The lowest BCUT2D eigenvalue weighted by atomic mass is 10.1. The van der Waals surface area contributed by atoms with Gasteiger partial charge in [0.2, 0.25) is 5.91 Å². The molecule has 4 rings (SSSR count). The fraction of sp³-hybridized carbons (Fsp3) is 0.0909. The minimum atomic E-state index is -0.411. The van der Waals surface area contributed by atoms with Gasteiger partial charge in [0, 0.05) is 28.8 Å². The molecule has 1 aliphatic rings. The molecule has 0 saturated heterocycles. The van der Waals surface area contributed by atoms with Crippen LogP contribution in [-0.4, -0.2) is 35.1 Å². The van der Waals surface area contributed by atoms with E-state index < -0.39 is 11.8 Å². The molecule has 0 saturated carbocycles. The summed E-state index contributed by atoms with van der Waals surface area (Å²) in [6.45, 7) is -0.0207. The minimum Gasteiger partial charge on any atom is -0.459 e. The van der Waals surface area contributed by atoms with Gasteiger partial charge in [0.1, 0.15) is 0 Å². The third-order valence-electron chi connectivity index (χ3n) is 4.67. The number of furan rings is 1. The zero-order chi connectivity index (χ0) is 22.0. The van der Waals surface area contributed by atoms with Crippen LogP contribution in [-0.2, 0) is 4.79 Å². The lowest BCUT2D eigenvalue weighted by Crippen LogP contribution is -2.32. The molecule has 31 heavy (non-hydrogen) atoms. The zero-order valence-electron chi connectivity index (χ0n) is 16.1. The predicted molar refractivity (Wildman–Crippen MR) is 116 cm³/mol. The van der Waals surface area contributed by atoms with Crippen molar-refractivity contribution in [3.63, 3.8) is 0 Å². The lowest BCUT2D eigenvalue weighted by Gasteiger charge is -2.13. The van der Waals surface area contributed by atoms with Gasteiger partial charge in [-0.15, -0.1) is 0 Å². The first kappa shape index (κ1) is 20.5. The number of nitrogens with zero attached hydrogens (tertiary/aromatic N) is 1. The summed E-state index contributed by atoms with van der Waals surface area (Å²) in [4.78, 5) is 50.2. The van der Waals surface area contributed by atoms with Crippen LogP contribution in [0.3, 0.4) is 0 Å². The number of benzene rings is 2. The number of anilines is 2. The van der Waals surface area contributed by atoms with Gasteiger partial charge in [-0.1, -0.05) is 15.9 Å². The Balaban J connectivity index is 1.31. The highest BCUT2D eigenvalue weighted by atomic mass is 79.9. The van der Waals surface area contributed by atoms with Gasteiger partial charge in [0.15, 0.2) is 5.76 Å². The smallest absolute Gasteiger partial charge is 0.291 e. The first-order valence-corrected chi connectivity index (χ1v) is 10.1. The van der Waals surface area contributed by atoms with Gasteiger partial charge in [-0.2, -0.15) is 0 Å². The Morgan fingerprint density at radius 1 is 0.903 bits per heavy atom. The average Bonchev–Trinajstić information content (AvgIpc) is 3.36. The third kappa shape index (κ3) is 4.41. The van der Waals surface area contributed by atoms with Crippen LogP contribution in [0.2, 0.25) is 0 Å². The molecule has 0 aliphatic carbocycles. The van der Waals surface area contributed by atoms with E-state index in [4.69, 9.17) is 4.42 Å². The van der Waals surface area contributed by atoms with Gasteiger partial charge in [-0.25, -0.2) is 0 Å². The van der Waals surface area contributed by atoms with E-state index in [2.05, 4.69) is 26.6 Å². The Bertz CT molecular complexity index is 1170. The van der Waals surface area contributed by atoms with Crippen molar-refractivity contribution in [2.24, 2.45) is 0 Å². The van der Waals surface area contributed by atoms with Crippen molar-refractivity contribution in [3.8, 4) is 0 Å². The standard InChI is InChI=1S/C22H16BrN3O5/c23-13-3-8-16-17(12-13)22(30)26(21(16)29)10-9-19(27)24-14-4-6-15(7-5-14)25-20(28)18-2-1-11-31-18/h1-8,11-12H,9-10H2,(H,24,27)(H,25,28). The highest BCUT2D eigenvalue weighted by molar-refractivity contribution is 9.10. The van der Waals surface area contributed by atoms with Crippen molar-refractivity contribution in [2.75, 3.05) is 17.2 Å². The molecule has 0 bridgehead atoms. The van der Waals surface area contributed by atoms with Gasteiger partial charge >= 0.3 is 0 Å². The number of carbonyl (C=O) groups is 4. The average molecular weight is 482 g/mol. The molecule has 2 aromatic carbocycles. The lowest BCUT2D eigenvalue weighted by molar-refractivity contribution is -0.116. The zero-order valence-corrected chi connectivity index (χ0v) is 17.6. The summed E-state index contributed by atoms with van der Waals surface area (Å²) in [5.41, 5.74) is 1.72. The monoisotopic (exact) mass is 481 g/mol. The molecule has 0 radical (unpaired) electrons. The number of amides is 4. The maximum absolute atomic E-state index is 12.5. The van der Waals surface area contributed by atoms with Gasteiger partial charge in [0.25, 0.3) is 17.7 Å². The number of carbonyl (C=O) groups excluding carboxylic acids is 4. The summed E-state index contributed by atoms with van der Waals surface area (Å²) in [6, 6.07) is 14.6. The molecule has 1 aliphatic heterocycles. The molecule has 9 heteroatoms. The summed E-state index contributed by atoms with van der Waals surface area (Å²) >= 11 is 3.29. The number of hydrogen-bond acceptors (Lipinski definition) is 5. The summed E-state index contributed by atoms with van der Waals surface area (Å²) in [7, 11) is 0. The van der Waals surface area contributed by atoms with Crippen LogP contribution in [0.4, 0.5) is 11.4 Å². The van der Waals surface area contributed by atoms with E-state index in [9.17, 15) is 19.2 Å². The van der Waals surface area contributed by atoms with E-state index >= 15 is 0 Å². The minimum absolute atomic E-state index is 0.0207. The maximum atomic E-state index is 12.5. The second kappa shape index (κ2) is 8.57. The highest BCUT2D eigenvalue weighted by Crippen LogP contribution is 2.26. The number of rotatable bonds is 6. The number of fused-ring (bicyclic) bond motifs is 1. The van der Waals surface area contributed by atoms with Crippen molar-refractivity contribution >= 4 is 50.9 Å². The third-order valence-corrected chi connectivity index (χ3v) is 5.16. The normalized spacial score (nSPS) is 12.6. The molecule has 2 N–H and O–H groups in total. The number of imide groups is 1. The topological polar surface area (TPSA) is 109 Å². The van der Waals surface area contributed by atoms with Gasteiger partial charge in [-0.05, 0) is 54.6 Å². The molecule has 0 fully saturated rings. The fourth-order valence-electron chi connectivity index (χ4n) is 3.14. The molecule has 0 spiro atoms. The summed E-state index contributed by atoms with van der Waals surface area (Å²) in [5.74, 6) is -1.35. The molecule has 8 nitrogen and oxygen atoms in total. The fourth-order valence-corrected chi connectivity index (χ4v) is 3.50. The van der Waals surface area contributed by atoms with E-state index in [0.29, 0.717) is 27.0 Å². The van der Waals surface area contributed by atoms with Crippen molar-refractivity contribution in [3.05, 3.63) is 82.2 Å². The highest BCUT2D eigenvalue weighted by Gasteiger charge is 2.35. The van der Waals surface area contributed by atoms with Crippen molar-refractivity contribution in [1.29, 1.82) is 0 Å². The second-order valence-corrected chi connectivity index (χ2v) is 7.67. The Morgan fingerprint density at radius 3 is 2.26 bits per heavy atom. The maximum Gasteiger partial charge on any atom is 0.291 e. The van der Waals surface area contributed by atoms with Crippen LogP contribution in [0.25, 0.3) is 0 Å². The van der Waals surface area contributed by atoms with Crippen LogP contribution in [0, 0.1) is 0 Å². The first-order valence-electron chi connectivity index (χ1n) is 9.33. The Morgan fingerprint density at radius 2 is 1.58 bits per heavy atom. The van der Waals surface area contributed by atoms with E-state index in [1.807, 2.05) is 0 Å². The quantitative estimate of drug-likeness (QED) is 0.518. The van der Waals surface area contributed by atoms with Crippen molar-refractivity contribution in [2.45, 2.75) is 6.42 Å². The molecular weight excluding hydrogens is 466 g/mol. The molecule has 0 unspecified atom stereocenters. The Hall–Kier alpha value is -3.72. The Kier molecular flexibility index (Phi) is 5.68. The van der Waals surface area contributed by atoms with E-state index in [0.717, 1.165) is 4.90 Å². The number of halogens is 1. The SMILES string of the molecule is O=C(CCN1C(=O)c2ccc(Br)cc2C1=O)Nc1ccc(NC(=O)c2ccco2)cc1. The molecule has 1 aromatic heterocycles. The predicted octanol–water partition coefficient (Wildman–Crippen LogP) is 3.92. The van der Waals surface area contributed by atoms with Gasteiger partial charge < -0.3 is 15.1 Å². The van der Waals surface area contributed by atoms with E-state index in [1.54, 1.807) is 54.6 Å². The number of nitrogens with one attached hydrogen (secondary N) is 2. The summed E-state index contributed by atoms with van der Waals surface area (Å²) < 4.78 is 5.74. The van der Waals surface area contributed by atoms with Crippen LogP contribution in [0.15, 0.2) is 69.8 Å². The number of hydrogen-bond donors (Lipinski definition) is 2. The summed E-state index contributed by atoms with van der Waals surface area (Å²) in [6.07, 6.45) is 1.37. The molecular formula is C22H16BrN3O5. The first-order chi connectivity index (χ1) is 14.9. The Labute approximate surface area is 185 Å². The van der Waals surface area contributed by atoms with Crippen LogP contribution < -0.4 is 10.6 Å². The largest absolute Gasteiger partial charge is 0.459 e. The van der Waals surface area contributed by atoms with Crippen molar-refractivity contribution in [1.82, 2.24) is 4.90 Å². The summed E-state index contributed by atoms with van der Waals surface area (Å²) in [5, 5.41) is 5.39.